The summed E-state index contributed by atoms with van der Waals surface area (Å²) < 4.78 is 7.80. The Balaban J connectivity index is 1.36. The molecule has 0 saturated carbocycles. The second kappa shape index (κ2) is 4.67. The van der Waals surface area contributed by atoms with E-state index in [1.807, 2.05) is 25.1 Å². The van der Waals surface area contributed by atoms with Gasteiger partial charge in [-0.25, -0.2) is 9.51 Å². The molecule has 1 N–H and O–H groups in total. The van der Waals surface area contributed by atoms with Crippen LogP contribution in [0.3, 0.4) is 0 Å². The van der Waals surface area contributed by atoms with Gasteiger partial charge in [0.1, 0.15) is 6.54 Å². The van der Waals surface area contributed by atoms with Crippen molar-refractivity contribution in [1.82, 2.24) is 14.6 Å². The smallest absolute Gasteiger partial charge is 0.292 e. The second-order valence-electron chi connectivity index (χ2n) is 7.22. The Morgan fingerprint density at radius 2 is 2.21 bits per heavy atom. The highest BCUT2D eigenvalue weighted by Crippen LogP contribution is 2.44. The van der Waals surface area contributed by atoms with Crippen LogP contribution in [-0.2, 0) is 4.74 Å². The zero-order chi connectivity index (χ0) is 16.4. The highest BCUT2D eigenvalue weighted by Gasteiger charge is 2.56. The molecule has 3 fully saturated rings. The number of quaternary nitrogens is 1. The number of aromatic nitrogens is 3. The summed E-state index contributed by atoms with van der Waals surface area (Å²) in [4.78, 5) is 8.94. The molecule has 0 unspecified atom stereocenters. The van der Waals surface area contributed by atoms with Crippen LogP contribution in [0, 0.1) is 18.0 Å². The number of amidine groups is 1. The van der Waals surface area contributed by atoms with Crippen LogP contribution >= 0.6 is 0 Å². The number of rotatable bonds is 1. The predicted octanol–water partition coefficient (Wildman–Crippen LogP) is 1.31. The van der Waals surface area contributed by atoms with Crippen LogP contribution in [0.1, 0.15) is 18.5 Å². The quantitative estimate of drug-likeness (QED) is 0.630. The Hall–Kier alpha value is -2.19. The van der Waals surface area contributed by atoms with Crippen LogP contribution in [0.2, 0.25) is 0 Å². The number of nitrogens with one attached hydrogen (secondary N) is 1. The third kappa shape index (κ3) is 2.03. The van der Waals surface area contributed by atoms with Crippen molar-refractivity contribution in [3.63, 3.8) is 0 Å². The number of aliphatic imine (C=N–C) groups is 1. The van der Waals surface area contributed by atoms with Gasteiger partial charge in [-0.1, -0.05) is 6.07 Å². The van der Waals surface area contributed by atoms with E-state index in [0.717, 1.165) is 24.2 Å². The molecule has 8 heteroatoms. The van der Waals surface area contributed by atoms with Crippen molar-refractivity contribution in [1.29, 1.82) is 0 Å². The van der Waals surface area contributed by atoms with Gasteiger partial charge >= 0.3 is 0 Å². The van der Waals surface area contributed by atoms with E-state index in [-0.39, 0.29) is 4.65 Å². The molecule has 8 nitrogen and oxygen atoms in total. The normalized spacial score (nSPS) is 34.6. The summed E-state index contributed by atoms with van der Waals surface area (Å²) in [5.74, 6) is 0.887. The molecule has 0 aliphatic carbocycles. The fraction of sp³-hybridized carbons (Fsp3) is 0.562. The summed E-state index contributed by atoms with van der Waals surface area (Å²) in [5.41, 5.74) is 1.35. The number of pyridine rings is 1. The largest absolute Gasteiger partial charge is 0.633 e. The lowest BCUT2D eigenvalue weighted by Gasteiger charge is -2.58. The number of hydroxylamine groups is 3. The summed E-state index contributed by atoms with van der Waals surface area (Å²) >= 11 is 0. The molecule has 0 radical (unpaired) electrons. The van der Waals surface area contributed by atoms with Crippen LogP contribution < -0.4 is 5.32 Å². The molecule has 126 valence electrons. The molecule has 6 rings (SSSR count). The molecule has 4 aliphatic rings. The minimum Gasteiger partial charge on any atom is -0.633 e. The predicted molar refractivity (Wildman–Crippen MR) is 88.4 cm³/mol. The first-order valence-corrected chi connectivity index (χ1v) is 8.45. The van der Waals surface area contributed by atoms with Gasteiger partial charge in [0.05, 0.1) is 19.6 Å². The van der Waals surface area contributed by atoms with Gasteiger partial charge in [-0.05, 0) is 19.1 Å². The molecule has 3 saturated heterocycles. The minimum absolute atomic E-state index is 0.134. The van der Waals surface area contributed by atoms with Crippen molar-refractivity contribution in [2.45, 2.75) is 25.4 Å². The maximum atomic E-state index is 12.7. The van der Waals surface area contributed by atoms with E-state index in [9.17, 15) is 5.21 Å². The maximum Gasteiger partial charge on any atom is 0.292 e. The molecule has 2 aromatic rings. The van der Waals surface area contributed by atoms with Crippen LogP contribution in [-0.4, -0.2) is 57.0 Å². The average Bonchev–Trinajstić information content (AvgIpc) is 3.13. The lowest BCUT2D eigenvalue weighted by molar-refractivity contribution is -0.905. The molecule has 1 atom stereocenters. The molecule has 4 aliphatic heterocycles. The lowest BCUT2D eigenvalue weighted by atomic mass is 9.75. The number of anilines is 1. The number of ether oxygens (including phenoxy) is 1. The SMILES string of the molecule is Cc1cccc2nc(NC3=NC[C@@]4(C[N+]5([O-])CCC4CC5)O3)nn12. The van der Waals surface area contributed by atoms with Crippen molar-refractivity contribution in [3.8, 4) is 0 Å². The van der Waals surface area contributed by atoms with E-state index in [1.54, 1.807) is 4.52 Å². The van der Waals surface area contributed by atoms with E-state index in [4.69, 9.17) is 4.74 Å². The zero-order valence-electron chi connectivity index (χ0n) is 13.6. The second-order valence-corrected chi connectivity index (χ2v) is 7.22. The van der Waals surface area contributed by atoms with Gasteiger partial charge in [-0.2, -0.15) is 4.98 Å². The van der Waals surface area contributed by atoms with Crippen LogP contribution in [0.5, 0.6) is 0 Å². The van der Waals surface area contributed by atoms with Gasteiger partial charge in [0.25, 0.3) is 12.0 Å². The highest BCUT2D eigenvalue weighted by molar-refractivity contribution is 5.89. The summed E-state index contributed by atoms with van der Waals surface area (Å²) in [6.07, 6.45) is 1.86. The topological polar surface area (TPSA) is 86.9 Å². The lowest BCUT2D eigenvalue weighted by Crippen LogP contribution is -2.67. The maximum absolute atomic E-state index is 12.7. The molecular formula is C16H20N6O2. The van der Waals surface area contributed by atoms with Gasteiger partial charge < -0.3 is 14.6 Å². The van der Waals surface area contributed by atoms with E-state index >= 15 is 0 Å². The molecular weight excluding hydrogens is 308 g/mol. The third-order valence-electron chi connectivity index (χ3n) is 5.63. The molecule has 0 aromatic carbocycles. The van der Waals surface area contributed by atoms with Crippen molar-refractivity contribution < 1.29 is 9.38 Å². The number of nitrogens with zero attached hydrogens (tertiary/aromatic N) is 5. The molecule has 24 heavy (non-hydrogen) atoms. The van der Waals surface area contributed by atoms with Crippen molar-refractivity contribution in [2.75, 3.05) is 31.5 Å². The molecule has 2 bridgehead atoms. The van der Waals surface area contributed by atoms with E-state index in [1.165, 1.54) is 0 Å². The van der Waals surface area contributed by atoms with Crippen molar-refractivity contribution >= 4 is 17.6 Å². The van der Waals surface area contributed by atoms with E-state index in [2.05, 4.69) is 20.4 Å². The van der Waals surface area contributed by atoms with Crippen LogP contribution in [0.25, 0.3) is 5.65 Å². The Kier molecular flexibility index (Phi) is 2.76. The van der Waals surface area contributed by atoms with Crippen molar-refractivity contribution in [2.24, 2.45) is 10.9 Å². The van der Waals surface area contributed by atoms with Gasteiger partial charge in [0, 0.05) is 24.5 Å². The first-order chi connectivity index (χ1) is 11.6. The highest BCUT2D eigenvalue weighted by atomic mass is 16.6. The number of piperidine rings is 3. The monoisotopic (exact) mass is 328 g/mol. The Bertz CT molecular complexity index is 838. The average molecular weight is 328 g/mol. The van der Waals surface area contributed by atoms with Crippen LogP contribution in [0.4, 0.5) is 5.95 Å². The van der Waals surface area contributed by atoms with Gasteiger partial charge in [0.2, 0.25) is 0 Å². The third-order valence-corrected chi connectivity index (χ3v) is 5.63. The number of hydrogen-bond donors (Lipinski definition) is 1. The molecule has 1 spiro atoms. The molecule has 0 amide bonds. The fourth-order valence-electron chi connectivity index (χ4n) is 4.35. The zero-order valence-corrected chi connectivity index (χ0v) is 13.6. The number of hydrogen-bond acceptors (Lipinski definition) is 6. The summed E-state index contributed by atoms with van der Waals surface area (Å²) in [5, 5.41) is 20.2. The minimum atomic E-state index is -0.435. The van der Waals surface area contributed by atoms with Crippen LogP contribution in [0.15, 0.2) is 23.2 Å². The van der Waals surface area contributed by atoms with Gasteiger partial charge in [-0.15, -0.1) is 5.10 Å². The molecule has 2 aromatic heterocycles. The Morgan fingerprint density at radius 3 is 2.96 bits per heavy atom. The summed E-state index contributed by atoms with van der Waals surface area (Å²) in [6.45, 7) is 4.46. The van der Waals surface area contributed by atoms with E-state index < -0.39 is 5.60 Å². The summed E-state index contributed by atoms with van der Waals surface area (Å²) in [6, 6.07) is 6.27. The van der Waals surface area contributed by atoms with Gasteiger partial charge in [-0.3, -0.25) is 5.32 Å². The molecule has 6 heterocycles. The first kappa shape index (κ1) is 14.2. The Labute approximate surface area is 139 Å². The first-order valence-electron chi connectivity index (χ1n) is 8.45. The summed E-state index contributed by atoms with van der Waals surface area (Å²) in [7, 11) is 0. The number of fused-ring (bicyclic) bond motifs is 3. The van der Waals surface area contributed by atoms with Crippen molar-refractivity contribution in [3.05, 3.63) is 29.1 Å². The number of aryl methyl sites for hydroxylation is 1. The van der Waals surface area contributed by atoms with E-state index in [0.29, 0.717) is 44.1 Å². The van der Waals surface area contributed by atoms with Gasteiger partial charge in [0.15, 0.2) is 11.2 Å². The Morgan fingerprint density at radius 1 is 1.38 bits per heavy atom. The fourth-order valence-corrected chi connectivity index (χ4v) is 4.35. The standard InChI is InChI=1S/C16H20N6O2/c1-11-3-2-4-13-18-14(20-21(11)13)19-15-17-9-16(24-15)10-22(23)7-5-12(16)6-8-22/h2-4,12H,5-10H2,1H3,(H,17,19,20)/t12?,16-,22?/m0/s1.